The molecule has 4 N–H and O–H groups in total. The van der Waals surface area contributed by atoms with Gasteiger partial charge in [0.15, 0.2) is 5.84 Å². The Morgan fingerprint density at radius 1 is 1.61 bits per heavy atom. The first-order valence-electron chi connectivity index (χ1n) is 5.66. The van der Waals surface area contributed by atoms with Crippen molar-refractivity contribution in [3.63, 3.8) is 0 Å². The van der Waals surface area contributed by atoms with E-state index >= 15 is 0 Å². The van der Waals surface area contributed by atoms with Crippen LogP contribution in [0.1, 0.15) is 18.9 Å². The average molecular weight is 272 g/mol. The van der Waals surface area contributed by atoms with Gasteiger partial charge in [0.2, 0.25) is 0 Å². The minimum Gasteiger partial charge on any atom is -0.496 e. The molecular formula is C12H18ClN3O2. The largest absolute Gasteiger partial charge is 0.496 e. The standard InChI is InChI=1S/C12H18ClN3O2/c1-3-10(12(14)16-17)15-7-8-9(13)5-4-6-11(8)18-2/h4-6,10,15,17H,3,7H2,1-2H3,(H2,14,16). The van der Waals surface area contributed by atoms with Crippen LogP contribution in [0.4, 0.5) is 0 Å². The molecule has 0 amide bonds. The van der Waals surface area contributed by atoms with E-state index in [0.29, 0.717) is 23.7 Å². The second-order valence-electron chi connectivity index (χ2n) is 3.79. The summed E-state index contributed by atoms with van der Waals surface area (Å²) in [6.45, 7) is 2.43. The maximum absolute atomic E-state index is 8.66. The van der Waals surface area contributed by atoms with Crippen LogP contribution in [0, 0.1) is 0 Å². The Labute approximate surface area is 112 Å². The van der Waals surface area contributed by atoms with Gasteiger partial charge < -0.3 is 21.0 Å². The fourth-order valence-electron chi connectivity index (χ4n) is 1.65. The Kier molecular flexibility index (Phi) is 5.74. The molecule has 6 heteroatoms. The van der Waals surface area contributed by atoms with E-state index in [1.165, 1.54) is 0 Å². The van der Waals surface area contributed by atoms with Crippen LogP contribution in [-0.2, 0) is 6.54 Å². The van der Waals surface area contributed by atoms with E-state index in [2.05, 4.69) is 10.5 Å². The number of nitrogens with zero attached hydrogens (tertiary/aromatic N) is 1. The molecule has 5 nitrogen and oxygen atoms in total. The lowest BCUT2D eigenvalue weighted by Crippen LogP contribution is -2.40. The summed E-state index contributed by atoms with van der Waals surface area (Å²) in [6.07, 6.45) is 0.711. The number of oxime groups is 1. The Balaban J connectivity index is 2.79. The highest BCUT2D eigenvalue weighted by Crippen LogP contribution is 2.26. The molecule has 1 aromatic carbocycles. The van der Waals surface area contributed by atoms with Crippen molar-refractivity contribution in [2.45, 2.75) is 25.9 Å². The van der Waals surface area contributed by atoms with Gasteiger partial charge in [-0.1, -0.05) is 29.7 Å². The van der Waals surface area contributed by atoms with Crippen LogP contribution in [0.25, 0.3) is 0 Å². The Morgan fingerprint density at radius 3 is 2.89 bits per heavy atom. The quantitative estimate of drug-likeness (QED) is 0.320. The van der Waals surface area contributed by atoms with E-state index in [-0.39, 0.29) is 11.9 Å². The van der Waals surface area contributed by atoms with Crippen LogP contribution in [0.2, 0.25) is 5.02 Å². The molecule has 0 radical (unpaired) electrons. The number of methoxy groups -OCH3 is 1. The van der Waals surface area contributed by atoms with Gasteiger partial charge in [-0.25, -0.2) is 0 Å². The first-order valence-corrected chi connectivity index (χ1v) is 6.04. The van der Waals surface area contributed by atoms with Gasteiger partial charge in [-0.2, -0.15) is 0 Å². The topological polar surface area (TPSA) is 79.9 Å². The summed E-state index contributed by atoms with van der Waals surface area (Å²) in [5, 5.41) is 15.5. The van der Waals surface area contributed by atoms with E-state index in [1.807, 2.05) is 19.1 Å². The third-order valence-electron chi connectivity index (χ3n) is 2.70. The molecule has 100 valence electrons. The minimum absolute atomic E-state index is 0.156. The van der Waals surface area contributed by atoms with Gasteiger partial charge in [-0.15, -0.1) is 0 Å². The summed E-state index contributed by atoms with van der Waals surface area (Å²) in [4.78, 5) is 0. The first-order chi connectivity index (χ1) is 8.63. The summed E-state index contributed by atoms with van der Waals surface area (Å²) >= 11 is 6.12. The van der Waals surface area contributed by atoms with Crippen molar-refractivity contribution in [2.24, 2.45) is 10.9 Å². The number of ether oxygens (including phenoxy) is 1. The number of halogens is 1. The number of amidine groups is 1. The lowest BCUT2D eigenvalue weighted by molar-refractivity contribution is 0.314. The number of nitrogens with two attached hydrogens (primary N) is 1. The van der Waals surface area contributed by atoms with Gasteiger partial charge in [0, 0.05) is 17.1 Å². The van der Waals surface area contributed by atoms with Crippen LogP contribution in [0.15, 0.2) is 23.4 Å². The maximum atomic E-state index is 8.66. The number of benzene rings is 1. The predicted octanol–water partition coefficient (Wildman–Crippen LogP) is 1.96. The molecule has 1 rings (SSSR count). The van der Waals surface area contributed by atoms with Crippen molar-refractivity contribution < 1.29 is 9.94 Å². The van der Waals surface area contributed by atoms with Crippen LogP contribution < -0.4 is 15.8 Å². The number of hydrogen-bond donors (Lipinski definition) is 3. The maximum Gasteiger partial charge on any atom is 0.156 e. The average Bonchev–Trinajstić information content (AvgIpc) is 2.40. The summed E-state index contributed by atoms with van der Waals surface area (Å²) in [5.41, 5.74) is 6.43. The number of nitrogens with one attached hydrogen (secondary N) is 1. The molecule has 0 spiro atoms. The molecule has 0 aliphatic rings. The molecule has 1 aromatic rings. The third kappa shape index (κ3) is 3.51. The third-order valence-corrected chi connectivity index (χ3v) is 3.06. The summed E-state index contributed by atoms with van der Waals surface area (Å²) < 4.78 is 5.24. The zero-order chi connectivity index (χ0) is 13.5. The van der Waals surface area contributed by atoms with Crippen molar-refractivity contribution in [3.05, 3.63) is 28.8 Å². The number of hydrogen-bond acceptors (Lipinski definition) is 4. The summed E-state index contributed by atoms with van der Waals surface area (Å²) in [5.74, 6) is 0.868. The highest BCUT2D eigenvalue weighted by molar-refractivity contribution is 6.31. The van der Waals surface area contributed by atoms with Gasteiger partial charge in [-0.3, -0.25) is 0 Å². The molecule has 1 atom stereocenters. The van der Waals surface area contributed by atoms with Gasteiger partial charge in [0.25, 0.3) is 0 Å². The zero-order valence-corrected chi connectivity index (χ0v) is 11.2. The van der Waals surface area contributed by atoms with Gasteiger partial charge in [0.1, 0.15) is 5.75 Å². The van der Waals surface area contributed by atoms with E-state index < -0.39 is 0 Å². The van der Waals surface area contributed by atoms with Crippen molar-refractivity contribution >= 4 is 17.4 Å². The molecule has 0 saturated heterocycles. The van der Waals surface area contributed by atoms with Crippen LogP contribution >= 0.6 is 11.6 Å². The Hall–Kier alpha value is -1.46. The fraction of sp³-hybridized carbons (Fsp3) is 0.417. The second-order valence-corrected chi connectivity index (χ2v) is 4.19. The van der Waals surface area contributed by atoms with Crippen LogP contribution in [0.3, 0.4) is 0 Å². The molecular weight excluding hydrogens is 254 g/mol. The normalized spacial score (nSPS) is 13.4. The molecule has 0 bridgehead atoms. The molecule has 1 unspecified atom stereocenters. The van der Waals surface area contributed by atoms with Crippen molar-refractivity contribution in [2.75, 3.05) is 7.11 Å². The Bertz CT molecular complexity index is 424. The van der Waals surface area contributed by atoms with Crippen molar-refractivity contribution in [3.8, 4) is 5.75 Å². The second kappa shape index (κ2) is 7.08. The van der Waals surface area contributed by atoms with Crippen LogP contribution in [-0.4, -0.2) is 24.2 Å². The van der Waals surface area contributed by atoms with Gasteiger partial charge in [-0.05, 0) is 18.6 Å². The molecule has 0 heterocycles. The Morgan fingerprint density at radius 2 is 2.33 bits per heavy atom. The van der Waals surface area contributed by atoms with Gasteiger partial charge >= 0.3 is 0 Å². The molecule has 0 aliphatic carbocycles. The SMILES string of the molecule is CCC(NCc1c(Cl)cccc1OC)/C(N)=N/O. The monoisotopic (exact) mass is 271 g/mol. The van der Waals surface area contributed by atoms with Crippen molar-refractivity contribution in [1.82, 2.24) is 5.32 Å². The lowest BCUT2D eigenvalue weighted by Gasteiger charge is -2.17. The molecule has 0 aromatic heterocycles. The smallest absolute Gasteiger partial charge is 0.156 e. The fourth-order valence-corrected chi connectivity index (χ4v) is 1.89. The molecule has 0 fully saturated rings. The predicted molar refractivity (Wildman–Crippen MR) is 72.3 cm³/mol. The minimum atomic E-state index is -0.198. The van der Waals surface area contributed by atoms with E-state index in [9.17, 15) is 0 Å². The van der Waals surface area contributed by atoms with Crippen molar-refractivity contribution in [1.29, 1.82) is 0 Å². The summed E-state index contributed by atoms with van der Waals surface area (Å²) in [7, 11) is 1.59. The lowest BCUT2D eigenvalue weighted by atomic mass is 10.1. The highest BCUT2D eigenvalue weighted by Gasteiger charge is 2.13. The van der Waals surface area contributed by atoms with Crippen LogP contribution in [0.5, 0.6) is 5.75 Å². The number of rotatable bonds is 6. The van der Waals surface area contributed by atoms with E-state index in [4.69, 9.17) is 27.3 Å². The molecule has 0 saturated carbocycles. The van der Waals surface area contributed by atoms with E-state index in [0.717, 1.165) is 5.56 Å². The molecule has 0 aliphatic heterocycles. The van der Waals surface area contributed by atoms with Gasteiger partial charge in [0.05, 0.1) is 13.2 Å². The highest BCUT2D eigenvalue weighted by atomic mass is 35.5. The van der Waals surface area contributed by atoms with E-state index in [1.54, 1.807) is 13.2 Å². The summed E-state index contributed by atoms with van der Waals surface area (Å²) in [6, 6.07) is 5.26. The zero-order valence-electron chi connectivity index (χ0n) is 10.5. The first kappa shape index (κ1) is 14.6. The molecule has 18 heavy (non-hydrogen) atoms.